The van der Waals surface area contributed by atoms with Gasteiger partial charge in [-0.15, -0.1) is 0 Å². The third kappa shape index (κ3) is 2.26. The standard InChI is InChI=1S/C13H13N3S/c1-9-7-15-13(17-9)16-11-6-10-4-2-3-5-12(10)14-8-11/h2-6,8-9H,7H2,1H3,(H,15,16)/t9-/m0/s1. The van der Waals surface area contributed by atoms with Crippen molar-refractivity contribution in [3.8, 4) is 0 Å². The summed E-state index contributed by atoms with van der Waals surface area (Å²) < 4.78 is 0. The highest BCUT2D eigenvalue weighted by molar-refractivity contribution is 8.15. The molecule has 4 heteroatoms. The number of aliphatic imine (C=N–C) groups is 1. The summed E-state index contributed by atoms with van der Waals surface area (Å²) in [6, 6.07) is 10.2. The molecule has 2 aromatic rings. The third-order valence-electron chi connectivity index (χ3n) is 2.65. The fourth-order valence-corrected chi connectivity index (χ4v) is 2.66. The quantitative estimate of drug-likeness (QED) is 0.836. The summed E-state index contributed by atoms with van der Waals surface area (Å²) in [5.41, 5.74) is 2.02. The van der Waals surface area contributed by atoms with Crippen LogP contribution in [0.5, 0.6) is 0 Å². The average Bonchev–Trinajstić information content (AvgIpc) is 2.75. The van der Waals surface area contributed by atoms with Crippen LogP contribution in [0.3, 0.4) is 0 Å². The maximum Gasteiger partial charge on any atom is 0.161 e. The zero-order chi connectivity index (χ0) is 11.7. The smallest absolute Gasteiger partial charge is 0.161 e. The van der Waals surface area contributed by atoms with Crippen molar-refractivity contribution < 1.29 is 0 Å². The summed E-state index contributed by atoms with van der Waals surface area (Å²) in [4.78, 5) is 8.85. The summed E-state index contributed by atoms with van der Waals surface area (Å²) in [5, 5.41) is 6.03. The van der Waals surface area contributed by atoms with Crippen LogP contribution in [0.1, 0.15) is 6.92 Å². The van der Waals surface area contributed by atoms with Gasteiger partial charge in [0.2, 0.25) is 0 Å². The second kappa shape index (κ2) is 4.37. The predicted molar refractivity (Wildman–Crippen MR) is 74.7 cm³/mol. The number of fused-ring (bicyclic) bond motifs is 1. The number of pyridine rings is 1. The van der Waals surface area contributed by atoms with Crippen molar-refractivity contribution in [2.24, 2.45) is 4.99 Å². The molecule has 0 saturated heterocycles. The lowest BCUT2D eigenvalue weighted by Crippen LogP contribution is -2.06. The lowest BCUT2D eigenvalue weighted by molar-refractivity contribution is 0.976. The zero-order valence-corrected chi connectivity index (χ0v) is 10.4. The Hall–Kier alpha value is -1.55. The molecule has 0 aliphatic carbocycles. The fraction of sp³-hybridized carbons (Fsp3) is 0.231. The number of rotatable bonds is 1. The van der Waals surface area contributed by atoms with Crippen molar-refractivity contribution in [2.75, 3.05) is 11.9 Å². The highest BCUT2D eigenvalue weighted by atomic mass is 32.2. The molecular formula is C13H13N3S. The molecule has 0 unspecified atom stereocenters. The van der Waals surface area contributed by atoms with Gasteiger partial charge in [-0.3, -0.25) is 9.98 Å². The molecule has 1 N–H and O–H groups in total. The van der Waals surface area contributed by atoms with Gasteiger partial charge in [0.05, 0.1) is 23.9 Å². The highest BCUT2D eigenvalue weighted by Crippen LogP contribution is 2.23. The van der Waals surface area contributed by atoms with E-state index in [0.29, 0.717) is 5.25 Å². The minimum atomic E-state index is 0.575. The Morgan fingerprint density at radius 2 is 2.24 bits per heavy atom. The lowest BCUT2D eigenvalue weighted by Gasteiger charge is -2.06. The Bertz CT molecular complexity index is 580. The first-order valence-electron chi connectivity index (χ1n) is 5.64. The molecule has 1 aliphatic rings. The highest BCUT2D eigenvalue weighted by Gasteiger charge is 2.14. The topological polar surface area (TPSA) is 37.3 Å². The van der Waals surface area contributed by atoms with Crippen molar-refractivity contribution in [1.82, 2.24) is 4.98 Å². The molecule has 3 rings (SSSR count). The molecule has 3 nitrogen and oxygen atoms in total. The normalized spacial score (nSPS) is 19.4. The Balaban J connectivity index is 1.86. The van der Waals surface area contributed by atoms with Crippen LogP contribution in [0.25, 0.3) is 10.9 Å². The first-order chi connectivity index (χ1) is 8.31. The second-order valence-electron chi connectivity index (χ2n) is 4.12. The maximum atomic E-state index is 4.43. The van der Waals surface area contributed by atoms with Crippen LogP contribution >= 0.6 is 11.8 Å². The molecule has 0 fully saturated rings. The van der Waals surface area contributed by atoms with Gasteiger partial charge < -0.3 is 5.32 Å². The van der Waals surface area contributed by atoms with E-state index in [0.717, 1.165) is 28.3 Å². The van der Waals surface area contributed by atoms with E-state index in [4.69, 9.17) is 0 Å². The molecule has 17 heavy (non-hydrogen) atoms. The number of thioether (sulfide) groups is 1. The monoisotopic (exact) mass is 243 g/mol. The van der Waals surface area contributed by atoms with Crippen molar-refractivity contribution in [3.63, 3.8) is 0 Å². The van der Waals surface area contributed by atoms with Crippen molar-refractivity contribution in [2.45, 2.75) is 12.2 Å². The van der Waals surface area contributed by atoms with Gasteiger partial charge in [0.15, 0.2) is 5.17 Å². The number of anilines is 1. The van der Waals surface area contributed by atoms with Crippen molar-refractivity contribution in [1.29, 1.82) is 0 Å². The van der Waals surface area contributed by atoms with E-state index in [2.05, 4.69) is 34.3 Å². The third-order valence-corrected chi connectivity index (χ3v) is 3.65. The molecular weight excluding hydrogens is 230 g/mol. The molecule has 0 amide bonds. The number of nitrogens with one attached hydrogen (secondary N) is 1. The number of nitrogens with zero attached hydrogens (tertiary/aromatic N) is 2. The minimum absolute atomic E-state index is 0.575. The van der Waals surface area contributed by atoms with Crippen LogP contribution in [-0.2, 0) is 0 Å². The van der Waals surface area contributed by atoms with E-state index < -0.39 is 0 Å². The summed E-state index contributed by atoms with van der Waals surface area (Å²) in [6.45, 7) is 3.08. The summed E-state index contributed by atoms with van der Waals surface area (Å²) in [6.07, 6.45) is 1.86. The summed E-state index contributed by atoms with van der Waals surface area (Å²) in [7, 11) is 0. The largest absolute Gasteiger partial charge is 0.334 e. The van der Waals surface area contributed by atoms with Crippen LogP contribution < -0.4 is 5.32 Å². The second-order valence-corrected chi connectivity index (χ2v) is 5.54. The summed E-state index contributed by atoms with van der Waals surface area (Å²) >= 11 is 1.78. The first kappa shape index (κ1) is 10.6. The van der Waals surface area contributed by atoms with Gasteiger partial charge in [-0.05, 0) is 12.1 Å². The fourth-order valence-electron chi connectivity index (χ4n) is 1.81. The van der Waals surface area contributed by atoms with Gasteiger partial charge in [-0.25, -0.2) is 0 Å². The van der Waals surface area contributed by atoms with Gasteiger partial charge in [0.25, 0.3) is 0 Å². The number of amidine groups is 1. The van der Waals surface area contributed by atoms with E-state index in [-0.39, 0.29) is 0 Å². The molecule has 1 aliphatic heterocycles. The van der Waals surface area contributed by atoms with Crippen LogP contribution in [0.4, 0.5) is 5.69 Å². The number of aromatic nitrogens is 1. The van der Waals surface area contributed by atoms with Crippen LogP contribution in [-0.4, -0.2) is 21.9 Å². The van der Waals surface area contributed by atoms with Crippen molar-refractivity contribution >= 4 is 33.5 Å². The number of hydrogen-bond acceptors (Lipinski definition) is 4. The van der Waals surface area contributed by atoms with Gasteiger partial charge in [0.1, 0.15) is 0 Å². The van der Waals surface area contributed by atoms with E-state index >= 15 is 0 Å². The predicted octanol–water partition coefficient (Wildman–Crippen LogP) is 3.14. The maximum absolute atomic E-state index is 4.43. The zero-order valence-electron chi connectivity index (χ0n) is 9.55. The molecule has 1 aromatic carbocycles. The SMILES string of the molecule is C[C@H]1CN=C(Nc2cnc3ccccc3c2)S1. The Morgan fingerprint density at radius 3 is 3.06 bits per heavy atom. The Labute approximate surface area is 104 Å². The molecule has 0 bridgehead atoms. The van der Waals surface area contributed by atoms with E-state index in [1.165, 1.54) is 0 Å². The van der Waals surface area contributed by atoms with E-state index in [1.54, 1.807) is 11.8 Å². The van der Waals surface area contributed by atoms with Crippen LogP contribution in [0, 0.1) is 0 Å². The lowest BCUT2D eigenvalue weighted by atomic mass is 10.2. The molecule has 86 valence electrons. The van der Waals surface area contributed by atoms with Crippen molar-refractivity contribution in [3.05, 3.63) is 36.5 Å². The Kier molecular flexibility index (Phi) is 2.73. The number of para-hydroxylation sites is 1. The van der Waals surface area contributed by atoms with Crippen LogP contribution in [0.2, 0.25) is 0 Å². The number of benzene rings is 1. The summed E-state index contributed by atoms with van der Waals surface area (Å²) in [5.74, 6) is 0. The minimum Gasteiger partial charge on any atom is -0.334 e. The average molecular weight is 243 g/mol. The molecule has 1 atom stereocenters. The van der Waals surface area contributed by atoms with Gasteiger partial charge >= 0.3 is 0 Å². The van der Waals surface area contributed by atoms with Gasteiger partial charge in [-0.2, -0.15) is 0 Å². The molecule has 0 spiro atoms. The van der Waals surface area contributed by atoms with Crippen LogP contribution in [0.15, 0.2) is 41.5 Å². The molecule has 2 heterocycles. The van der Waals surface area contributed by atoms with E-state index in [9.17, 15) is 0 Å². The van der Waals surface area contributed by atoms with Gasteiger partial charge in [-0.1, -0.05) is 36.9 Å². The molecule has 0 saturated carbocycles. The molecule has 1 aromatic heterocycles. The first-order valence-corrected chi connectivity index (χ1v) is 6.52. The Morgan fingerprint density at radius 1 is 1.35 bits per heavy atom. The van der Waals surface area contributed by atoms with Gasteiger partial charge in [0, 0.05) is 10.6 Å². The van der Waals surface area contributed by atoms with E-state index in [1.807, 2.05) is 24.4 Å². The number of hydrogen-bond donors (Lipinski definition) is 1. The molecule has 0 radical (unpaired) electrons.